The molecule has 0 amide bonds. The zero-order valence-electron chi connectivity index (χ0n) is 19.2. The van der Waals surface area contributed by atoms with Gasteiger partial charge in [0.15, 0.2) is 0 Å². The van der Waals surface area contributed by atoms with Gasteiger partial charge in [0, 0.05) is 12.6 Å². The predicted molar refractivity (Wildman–Crippen MR) is 133 cm³/mol. The molecule has 0 bridgehead atoms. The average Bonchev–Trinajstić information content (AvgIpc) is 3.70. The number of amidine groups is 1. The Morgan fingerprint density at radius 2 is 1.72 bits per heavy atom. The molecule has 1 N–H and O–H groups in total. The van der Waals surface area contributed by atoms with Crippen molar-refractivity contribution in [2.75, 3.05) is 0 Å². The molecule has 2 fully saturated rings. The second kappa shape index (κ2) is 10.1. The maximum atomic E-state index is 11.0. The van der Waals surface area contributed by atoms with Crippen LogP contribution in [0.5, 0.6) is 0 Å². The van der Waals surface area contributed by atoms with Crippen LogP contribution < -0.4 is 0 Å². The van der Waals surface area contributed by atoms with Crippen molar-refractivity contribution in [3.8, 4) is 0 Å². The molecule has 32 heavy (non-hydrogen) atoms. The van der Waals surface area contributed by atoms with Crippen LogP contribution >= 0.6 is 0 Å². The van der Waals surface area contributed by atoms with Gasteiger partial charge in [0.25, 0.3) is 0 Å². The molecule has 0 aromatic heterocycles. The van der Waals surface area contributed by atoms with Crippen molar-refractivity contribution in [3.05, 3.63) is 70.3 Å². The highest BCUT2D eigenvalue weighted by molar-refractivity contribution is 5.96. The van der Waals surface area contributed by atoms with Gasteiger partial charge in [-0.3, -0.25) is 4.99 Å². The molecule has 1 atom stereocenters. The lowest BCUT2D eigenvalue weighted by molar-refractivity contribution is 0.167. The van der Waals surface area contributed by atoms with Crippen LogP contribution in [0.3, 0.4) is 0 Å². The number of nitrogens with zero attached hydrogens (tertiary/aromatic N) is 2. The number of rotatable bonds is 8. The van der Waals surface area contributed by atoms with Gasteiger partial charge in [-0.05, 0) is 71.8 Å². The molecule has 0 saturated heterocycles. The predicted octanol–water partition coefficient (Wildman–Crippen LogP) is 6.92. The number of aryl methyl sites for hydroxylation is 1. The summed E-state index contributed by atoms with van der Waals surface area (Å²) >= 11 is 0. The summed E-state index contributed by atoms with van der Waals surface area (Å²) in [4.78, 5) is 9.56. The lowest BCUT2D eigenvalue weighted by Crippen LogP contribution is -2.08. The molecule has 1 heterocycles. The first-order chi connectivity index (χ1) is 15.8. The number of benzene rings is 2. The van der Waals surface area contributed by atoms with Crippen molar-refractivity contribution in [2.45, 2.75) is 89.2 Å². The maximum Gasteiger partial charge on any atom is 0.123 e. The third kappa shape index (κ3) is 5.38. The Kier molecular flexibility index (Phi) is 6.83. The fourth-order valence-electron chi connectivity index (χ4n) is 5.38. The van der Waals surface area contributed by atoms with Gasteiger partial charge in [-0.2, -0.15) is 0 Å². The Hall–Kier alpha value is -2.26. The molecule has 2 saturated carbocycles. The van der Waals surface area contributed by atoms with E-state index in [2.05, 4.69) is 36.4 Å². The molecule has 0 radical (unpaired) electrons. The van der Waals surface area contributed by atoms with Crippen LogP contribution in [-0.4, -0.2) is 17.2 Å². The summed E-state index contributed by atoms with van der Waals surface area (Å²) in [5.41, 5.74) is 6.03. The third-order valence-electron chi connectivity index (χ3n) is 7.62. The van der Waals surface area contributed by atoms with E-state index in [-0.39, 0.29) is 0 Å². The molecular formula is C29H36N2O. The normalized spacial score (nSPS) is 19.8. The molecule has 1 unspecified atom stereocenters. The van der Waals surface area contributed by atoms with Crippen molar-refractivity contribution in [1.82, 2.24) is 0 Å². The number of aliphatic imine (C=N–C) groups is 2. The molecule has 168 valence electrons. The minimum atomic E-state index is -0.472. The number of hydrogen-bond acceptors (Lipinski definition) is 3. The molecule has 5 rings (SSSR count). The van der Waals surface area contributed by atoms with Gasteiger partial charge in [0.2, 0.25) is 0 Å². The summed E-state index contributed by atoms with van der Waals surface area (Å²) in [6.45, 7) is 0.624. The average molecular weight is 429 g/mol. The lowest BCUT2D eigenvalue weighted by Gasteiger charge is -2.21. The first-order valence-corrected chi connectivity index (χ1v) is 12.7. The summed E-state index contributed by atoms with van der Waals surface area (Å²) in [6, 6.07) is 15.2. The minimum absolute atomic E-state index is 0.472. The Balaban J connectivity index is 1.21. The second-order valence-corrected chi connectivity index (χ2v) is 10.0. The van der Waals surface area contributed by atoms with Gasteiger partial charge in [0.05, 0.1) is 12.6 Å². The highest BCUT2D eigenvalue weighted by Crippen LogP contribution is 2.40. The van der Waals surface area contributed by atoms with Crippen LogP contribution in [0.25, 0.3) is 0 Å². The molecular weight excluding hydrogens is 392 g/mol. The van der Waals surface area contributed by atoms with E-state index in [1.165, 1.54) is 62.5 Å². The Morgan fingerprint density at radius 1 is 0.906 bits per heavy atom. The molecule has 3 aliphatic rings. The van der Waals surface area contributed by atoms with E-state index in [9.17, 15) is 5.11 Å². The SMILES string of the molecule is OC(CCc1ccc(C2CC2)cc1)c1cccc2c1CN=C(CCC1CCCCC1)N=C2. The first-order valence-electron chi connectivity index (χ1n) is 12.7. The van der Waals surface area contributed by atoms with Crippen LogP contribution in [0, 0.1) is 5.92 Å². The Bertz CT molecular complexity index is 965. The van der Waals surface area contributed by atoms with Crippen molar-refractivity contribution in [2.24, 2.45) is 15.9 Å². The van der Waals surface area contributed by atoms with Crippen LogP contribution in [0.15, 0.2) is 52.4 Å². The van der Waals surface area contributed by atoms with E-state index in [0.717, 1.165) is 53.6 Å². The van der Waals surface area contributed by atoms with Gasteiger partial charge >= 0.3 is 0 Å². The first kappa shape index (κ1) is 21.6. The monoisotopic (exact) mass is 428 g/mol. The van der Waals surface area contributed by atoms with Gasteiger partial charge in [-0.15, -0.1) is 0 Å². The number of aliphatic hydroxyl groups excluding tert-OH is 1. The largest absolute Gasteiger partial charge is 0.388 e. The molecule has 2 aromatic carbocycles. The highest BCUT2D eigenvalue weighted by Gasteiger charge is 2.23. The number of hydrogen-bond donors (Lipinski definition) is 1. The molecule has 3 nitrogen and oxygen atoms in total. The van der Waals surface area contributed by atoms with Crippen LogP contribution in [0.2, 0.25) is 0 Å². The zero-order valence-corrected chi connectivity index (χ0v) is 19.2. The van der Waals surface area contributed by atoms with Crippen LogP contribution in [0.4, 0.5) is 0 Å². The summed E-state index contributed by atoms with van der Waals surface area (Å²) in [5, 5.41) is 11.0. The number of aliphatic hydroxyl groups is 1. The minimum Gasteiger partial charge on any atom is -0.388 e. The fourth-order valence-corrected chi connectivity index (χ4v) is 5.38. The van der Waals surface area contributed by atoms with E-state index in [1.54, 1.807) is 0 Å². The van der Waals surface area contributed by atoms with Crippen molar-refractivity contribution in [1.29, 1.82) is 0 Å². The Labute approximate surface area is 192 Å². The summed E-state index contributed by atoms with van der Waals surface area (Å²) < 4.78 is 0. The van der Waals surface area contributed by atoms with Crippen molar-refractivity contribution < 1.29 is 5.11 Å². The summed E-state index contributed by atoms with van der Waals surface area (Å²) in [5.74, 6) is 2.62. The van der Waals surface area contributed by atoms with Gasteiger partial charge in [-0.1, -0.05) is 74.6 Å². The molecule has 1 aliphatic heterocycles. The van der Waals surface area contributed by atoms with Crippen LogP contribution in [0.1, 0.15) is 104 Å². The molecule has 2 aliphatic carbocycles. The standard InChI is InChI=1S/C29H36N2O/c32-28(17-11-22-9-13-23(14-10-22)24-15-16-24)26-8-4-7-25-19-30-29(31-20-27(25)26)18-12-21-5-2-1-3-6-21/h4,7-10,13-14,19,21,24,28,32H,1-3,5-6,11-12,15-18,20H2. The Morgan fingerprint density at radius 3 is 2.50 bits per heavy atom. The van der Waals surface area contributed by atoms with E-state index in [1.807, 2.05) is 12.3 Å². The highest BCUT2D eigenvalue weighted by atomic mass is 16.3. The van der Waals surface area contributed by atoms with Crippen molar-refractivity contribution >= 4 is 12.1 Å². The van der Waals surface area contributed by atoms with Crippen LogP contribution in [-0.2, 0) is 13.0 Å². The van der Waals surface area contributed by atoms with E-state index in [0.29, 0.717) is 6.54 Å². The second-order valence-electron chi connectivity index (χ2n) is 10.0. The quantitative estimate of drug-likeness (QED) is 0.487. The van der Waals surface area contributed by atoms with Gasteiger partial charge < -0.3 is 5.11 Å². The van der Waals surface area contributed by atoms with E-state index in [4.69, 9.17) is 9.98 Å². The van der Waals surface area contributed by atoms with Gasteiger partial charge in [0.1, 0.15) is 5.84 Å². The van der Waals surface area contributed by atoms with E-state index < -0.39 is 6.10 Å². The lowest BCUT2D eigenvalue weighted by atomic mass is 9.86. The number of fused-ring (bicyclic) bond motifs is 1. The topological polar surface area (TPSA) is 45.0 Å². The third-order valence-corrected chi connectivity index (χ3v) is 7.62. The molecule has 0 spiro atoms. The fraction of sp³-hybridized carbons (Fsp3) is 0.517. The summed E-state index contributed by atoms with van der Waals surface area (Å²) in [6.07, 6.45) is 14.9. The van der Waals surface area contributed by atoms with E-state index >= 15 is 0 Å². The molecule has 3 heteroatoms. The molecule has 2 aromatic rings. The maximum absolute atomic E-state index is 11.0. The smallest absolute Gasteiger partial charge is 0.123 e. The summed E-state index contributed by atoms with van der Waals surface area (Å²) in [7, 11) is 0. The van der Waals surface area contributed by atoms with Gasteiger partial charge in [-0.25, -0.2) is 4.99 Å². The van der Waals surface area contributed by atoms with Crippen molar-refractivity contribution in [3.63, 3.8) is 0 Å². The zero-order chi connectivity index (χ0) is 21.8.